The van der Waals surface area contributed by atoms with E-state index in [9.17, 15) is 4.79 Å². The Kier molecular flexibility index (Phi) is 3.28. The second-order valence-corrected chi connectivity index (χ2v) is 4.61. The number of carboxylic acid groups (broad SMARTS) is 1. The topological polar surface area (TPSA) is 62.2 Å². The molecule has 0 fully saturated rings. The first-order valence-corrected chi connectivity index (χ1v) is 5.88. The van der Waals surface area contributed by atoms with Gasteiger partial charge in [0.1, 0.15) is 12.4 Å². The number of nitrogens with one attached hydrogen (secondary N) is 1. The third-order valence-corrected chi connectivity index (χ3v) is 3.03. The predicted molar refractivity (Wildman–Crippen MR) is 70.3 cm³/mol. The summed E-state index contributed by atoms with van der Waals surface area (Å²) < 4.78 is 0.897. The van der Waals surface area contributed by atoms with Gasteiger partial charge < -0.3 is 10.4 Å². The van der Waals surface area contributed by atoms with E-state index < -0.39 is 5.97 Å². The van der Waals surface area contributed by atoms with E-state index in [1.165, 1.54) is 0 Å². The van der Waals surface area contributed by atoms with E-state index in [2.05, 4.69) is 26.2 Å². The molecular formula is C12H11BrN2O2. The number of rotatable bonds is 3. The number of nitrogens with zero attached hydrogens (tertiary/aromatic N) is 1. The highest BCUT2D eigenvalue weighted by atomic mass is 79.9. The SMILES string of the molecule is Cc1ccc2c(Br)cnc(NCC(=O)O)c2c1. The second-order valence-electron chi connectivity index (χ2n) is 3.75. The quantitative estimate of drug-likeness (QED) is 0.914. The zero-order valence-electron chi connectivity index (χ0n) is 9.20. The fourth-order valence-electron chi connectivity index (χ4n) is 1.62. The van der Waals surface area contributed by atoms with Crippen molar-refractivity contribution in [2.75, 3.05) is 11.9 Å². The zero-order chi connectivity index (χ0) is 12.4. The van der Waals surface area contributed by atoms with Crippen LogP contribution in [0.4, 0.5) is 5.82 Å². The number of anilines is 1. The molecule has 0 aliphatic carbocycles. The Bertz CT molecular complexity index is 584. The van der Waals surface area contributed by atoms with Crippen molar-refractivity contribution in [2.24, 2.45) is 0 Å². The summed E-state index contributed by atoms with van der Waals surface area (Å²) in [6.07, 6.45) is 1.67. The van der Waals surface area contributed by atoms with Gasteiger partial charge >= 0.3 is 5.97 Å². The van der Waals surface area contributed by atoms with Gasteiger partial charge in [0.2, 0.25) is 0 Å². The molecule has 2 N–H and O–H groups in total. The molecule has 0 amide bonds. The lowest BCUT2D eigenvalue weighted by atomic mass is 10.1. The first-order chi connectivity index (χ1) is 8.08. The van der Waals surface area contributed by atoms with E-state index in [1.807, 2.05) is 25.1 Å². The largest absolute Gasteiger partial charge is 0.480 e. The lowest BCUT2D eigenvalue weighted by molar-refractivity contribution is -0.134. The van der Waals surface area contributed by atoms with Crippen LogP contribution in [0.15, 0.2) is 28.9 Å². The highest BCUT2D eigenvalue weighted by Gasteiger charge is 2.07. The first kappa shape index (κ1) is 11.9. The average Bonchev–Trinajstić information content (AvgIpc) is 2.28. The van der Waals surface area contributed by atoms with Crippen LogP contribution in [-0.2, 0) is 4.79 Å². The van der Waals surface area contributed by atoms with Crippen LogP contribution in [0.25, 0.3) is 10.8 Å². The molecule has 0 radical (unpaired) electrons. The Balaban J connectivity index is 2.52. The summed E-state index contributed by atoms with van der Waals surface area (Å²) in [5.74, 6) is -0.315. The molecule has 1 heterocycles. The van der Waals surface area contributed by atoms with E-state index >= 15 is 0 Å². The molecule has 0 saturated heterocycles. The van der Waals surface area contributed by atoms with Gasteiger partial charge in [0.25, 0.3) is 0 Å². The van der Waals surface area contributed by atoms with E-state index in [1.54, 1.807) is 6.20 Å². The first-order valence-electron chi connectivity index (χ1n) is 5.08. The Morgan fingerprint density at radius 1 is 1.47 bits per heavy atom. The summed E-state index contributed by atoms with van der Waals surface area (Å²) in [4.78, 5) is 14.7. The maximum absolute atomic E-state index is 10.5. The minimum Gasteiger partial charge on any atom is -0.480 e. The lowest BCUT2D eigenvalue weighted by Crippen LogP contribution is -2.13. The van der Waals surface area contributed by atoms with Crippen LogP contribution in [0.2, 0.25) is 0 Å². The summed E-state index contributed by atoms with van der Waals surface area (Å²) in [6, 6.07) is 5.98. The fourth-order valence-corrected chi connectivity index (χ4v) is 2.07. The number of aliphatic carboxylic acids is 1. The predicted octanol–water partition coefficient (Wildman–Crippen LogP) is 2.80. The standard InChI is InChI=1S/C12H11BrN2O2/c1-7-2-3-8-9(4-7)12(14-5-10(8)13)15-6-11(16)17/h2-5H,6H2,1H3,(H,14,15)(H,16,17). The van der Waals surface area contributed by atoms with Crippen molar-refractivity contribution in [1.29, 1.82) is 0 Å². The van der Waals surface area contributed by atoms with E-state index in [4.69, 9.17) is 5.11 Å². The number of pyridine rings is 1. The number of hydrogen-bond donors (Lipinski definition) is 2. The van der Waals surface area contributed by atoms with Gasteiger partial charge in [0.05, 0.1) is 0 Å². The van der Waals surface area contributed by atoms with Crippen molar-refractivity contribution in [1.82, 2.24) is 4.98 Å². The third kappa shape index (κ3) is 2.55. The van der Waals surface area contributed by atoms with Gasteiger partial charge in [-0.25, -0.2) is 4.98 Å². The Hall–Kier alpha value is -1.62. The summed E-state index contributed by atoms with van der Waals surface area (Å²) in [5, 5.41) is 13.4. The molecule has 0 unspecified atom stereocenters. The van der Waals surface area contributed by atoms with Gasteiger partial charge in [0.15, 0.2) is 0 Å². The Morgan fingerprint density at radius 3 is 2.94 bits per heavy atom. The minimum atomic E-state index is -0.907. The number of fused-ring (bicyclic) bond motifs is 1. The van der Waals surface area contributed by atoms with Crippen molar-refractivity contribution in [3.63, 3.8) is 0 Å². The molecule has 4 nitrogen and oxygen atoms in total. The van der Waals surface area contributed by atoms with Gasteiger partial charge in [-0.15, -0.1) is 0 Å². The molecule has 88 valence electrons. The van der Waals surface area contributed by atoms with Crippen molar-refractivity contribution >= 4 is 38.5 Å². The van der Waals surface area contributed by atoms with Gasteiger partial charge in [-0.05, 0) is 28.9 Å². The van der Waals surface area contributed by atoms with Crippen LogP contribution in [0.1, 0.15) is 5.56 Å². The summed E-state index contributed by atoms with van der Waals surface area (Å²) in [6.45, 7) is 1.85. The molecule has 2 aromatic rings. The van der Waals surface area contributed by atoms with Crippen LogP contribution in [0.3, 0.4) is 0 Å². The number of hydrogen-bond acceptors (Lipinski definition) is 3. The second kappa shape index (κ2) is 4.71. The summed E-state index contributed by atoms with van der Waals surface area (Å²) in [7, 11) is 0. The number of halogens is 1. The van der Waals surface area contributed by atoms with Crippen LogP contribution < -0.4 is 5.32 Å². The van der Waals surface area contributed by atoms with Crippen LogP contribution in [0.5, 0.6) is 0 Å². The maximum atomic E-state index is 10.5. The maximum Gasteiger partial charge on any atom is 0.322 e. The summed E-state index contributed by atoms with van der Waals surface area (Å²) >= 11 is 3.43. The molecule has 5 heteroatoms. The monoisotopic (exact) mass is 294 g/mol. The van der Waals surface area contributed by atoms with Gasteiger partial charge in [-0.2, -0.15) is 0 Å². The molecule has 0 bridgehead atoms. The smallest absolute Gasteiger partial charge is 0.322 e. The highest BCUT2D eigenvalue weighted by Crippen LogP contribution is 2.28. The molecular weight excluding hydrogens is 284 g/mol. The summed E-state index contributed by atoms with van der Waals surface area (Å²) in [5.41, 5.74) is 1.11. The average molecular weight is 295 g/mol. The zero-order valence-corrected chi connectivity index (χ0v) is 10.8. The van der Waals surface area contributed by atoms with Crippen molar-refractivity contribution in [3.05, 3.63) is 34.4 Å². The number of aryl methyl sites for hydroxylation is 1. The van der Waals surface area contributed by atoms with Crippen LogP contribution in [0, 0.1) is 6.92 Å². The highest BCUT2D eigenvalue weighted by molar-refractivity contribution is 9.10. The van der Waals surface area contributed by atoms with Crippen LogP contribution >= 0.6 is 15.9 Å². The normalized spacial score (nSPS) is 10.5. The van der Waals surface area contributed by atoms with Gasteiger partial charge in [0, 0.05) is 21.4 Å². The molecule has 0 aliphatic rings. The van der Waals surface area contributed by atoms with Gasteiger partial charge in [-0.3, -0.25) is 4.79 Å². The molecule has 17 heavy (non-hydrogen) atoms. The molecule has 0 spiro atoms. The molecule has 1 aromatic heterocycles. The minimum absolute atomic E-state index is 0.141. The Labute approximate surface area is 107 Å². The lowest BCUT2D eigenvalue weighted by Gasteiger charge is -2.09. The molecule has 1 aromatic carbocycles. The van der Waals surface area contributed by atoms with E-state index in [-0.39, 0.29) is 6.54 Å². The molecule has 2 rings (SSSR count). The number of benzene rings is 1. The number of carbonyl (C=O) groups is 1. The van der Waals surface area contributed by atoms with Crippen molar-refractivity contribution < 1.29 is 9.90 Å². The fraction of sp³-hybridized carbons (Fsp3) is 0.167. The number of aromatic nitrogens is 1. The van der Waals surface area contributed by atoms with Crippen LogP contribution in [-0.4, -0.2) is 22.6 Å². The molecule has 0 saturated carbocycles. The van der Waals surface area contributed by atoms with E-state index in [0.29, 0.717) is 5.82 Å². The number of carboxylic acids is 1. The molecule has 0 atom stereocenters. The molecule has 0 aliphatic heterocycles. The van der Waals surface area contributed by atoms with Crippen molar-refractivity contribution in [3.8, 4) is 0 Å². The third-order valence-electron chi connectivity index (χ3n) is 2.40. The Morgan fingerprint density at radius 2 is 2.24 bits per heavy atom. The van der Waals surface area contributed by atoms with E-state index in [0.717, 1.165) is 20.8 Å². The van der Waals surface area contributed by atoms with Crippen molar-refractivity contribution in [2.45, 2.75) is 6.92 Å². The van der Waals surface area contributed by atoms with Gasteiger partial charge in [-0.1, -0.05) is 17.7 Å².